The van der Waals surface area contributed by atoms with Gasteiger partial charge in [-0.3, -0.25) is 9.59 Å². The Hall–Kier alpha value is -3.38. The molecule has 0 aliphatic carbocycles. The molecule has 1 saturated heterocycles. The maximum atomic E-state index is 13.8. The predicted molar refractivity (Wildman–Crippen MR) is 138 cm³/mol. The first-order valence-electron chi connectivity index (χ1n) is 12.0. The average molecular weight is 509 g/mol. The van der Waals surface area contributed by atoms with Gasteiger partial charge in [-0.15, -0.1) is 0 Å². The van der Waals surface area contributed by atoms with Gasteiger partial charge in [0.15, 0.2) is 0 Å². The van der Waals surface area contributed by atoms with Gasteiger partial charge in [0, 0.05) is 49.1 Å². The number of amides is 2. The topological polar surface area (TPSA) is 49.9 Å². The quantitative estimate of drug-likeness (QED) is 0.384. The third kappa shape index (κ3) is 6.64. The first kappa shape index (κ1) is 25.7. The number of rotatable bonds is 8. The van der Waals surface area contributed by atoms with Gasteiger partial charge in [-0.2, -0.15) is 0 Å². The first-order chi connectivity index (χ1) is 17.3. The van der Waals surface area contributed by atoms with Crippen LogP contribution in [0.15, 0.2) is 78.9 Å². The summed E-state index contributed by atoms with van der Waals surface area (Å²) in [6.45, 7) is 1.67. The van der Waals surface area contributed by atoms with E-state index in [9.17, 15) is 14.0 Å². The fourth-order valence-electron chi connectivity index (χ4n) is 4.67. The fraction of sp³-hybridized carbons (Fsp3) is 0.310. The van der Waals surface area contributed by atoms with Crippen molar-refractivity contribution in [3.63, 3.8) is 0 Å². The number of piperidine rings is 1. The van der Waals surface area contributed by atoms with Crippen LogP contribution in [0.3, 0.4) is 0 Å². The molecule has 1 unspecified atom stereocenters. The number of benzene rings is 3. The van der Waals surface area contributed by atoms with Crippen molar-refractivity contribution in [3.05, 3.63) is 101 Å². The van der Waals surface area contributed by atoms with Gasteiger partial charge in [-0.1, -0.05) is 48.0 Å². The zero-order chi connectivity index (χ0) is 25.5. The van der Waals surface area contributed by atoms with E-state index in [-0.39, 0.29) is 24.8 Å². The summed E-state index contributed by atoms with van der Waals surface area (Å²) in [6, 6.07) is 22.6. The molecule has 36 heavy (non-hydrogen) atoms. The van der Waals surface area contributed by atoms with E-state index >= 15 is 0 Å². The van der Waals surface area contributed by atoms with Gasteiger partial charge >= 0.3 is 0 Å². The highest BCUT2D eigenvalue weighted by Gasteiger charge is 2.40. The largest absolute Gasteiger partial charge is 0.493 e. The Bertz CT molecular complexity index is 1190. The zero-order valence-corrected chi connectivity index (χ0v) is 21.1. The smallest absolute Gasteiger partial charge is 0.253 e. The summed E-state index contributed by atoms with van der Waals surface area (Å²) in [6.07, 6.45) is 1.69. The lowest BCUT2D eigenvalue weighted by atomic mass is 9.77. The van der Waals surface area contributed by atoms with E-state index in [1.54, 1.807) is 47.2 Å². The van der Waals surface area contributed by atoms with Crippen LogP contribution in [-0.4, -0.2) is 48.4 Å². The molecule has 4 rings (SSSR count). The zero-order valence-electron chi connectivity index (χ0n) is 20.3. The van der Waals surface area contributed by atoms with Crippen LogP contribution >= 0.6 is 11.6 Å². The molecule has 1 aliphatic heterocycles. The van der Waals surface area contributed by atoms with Crippen molar-refractivity contribution >= 4 is 23.4 Å². The molecule has 3 aromatic carbocycles. The van der Waals surface area contributed by atoms with Crippen molar-refractivity contribution in [2.75, 3.05) is 26.7 Å². The van der Waals surface area contributed by atoms with Crippen LogP contribution in [0.5, 0.6) is 5.75 Å². The van der Waals surface area contributed by atoms with Gasteiger partial charge in [0.25, 0.3) is 5.91 Å². The molecule has 0 N–H and O–H groups in total. The standard InChI is InChI=1S/C29H30ClFN2O3/c1-32(19-22-7-3-2-4-8-22)27(34)18-29(21-36-26-13-11-24(30)12-14-26)15-6-16-33(20-29)28(35)23-9-5-10-25(31)17-23/h2-5,7-14,17H,6,15-16,18-21H2,1H3. The summed E-state index contributed by atoms with van der Waals surface area (Å²) in [7, 11) is 1.79. The lowest BCUT2D eigenvalue weighted by Crippen LogP contribution is -2.50. The van der Waals surface area contributed by atoms with Gasteiger partial charge in [-0.25, -0.2) is 4.39 Å². The van der Waals surface area contributed by atoms with E-state index in [4.69, 9.17) is 16.3 Å². The van der Waals surface area contributed by atoms with Crippen molar-refractivity contribution < 1.29 is 18.7 Å². The number of likely N-dealkylation sites (tertiary alicyclic amines) is 1. The Balaban J connectivity index is 1.53. The number of carbonyl (C=O) groups is 2. The highest BCUT2D eigenvalue weighted by Crippen LogP contribution is 2.36. The van der Waals surface area contributed by atoms with E-state index in [1.807, 2.05) is 30.3 Å². The number of hydrogen-bond donors (Lipinski definition) is 0. The Morgan fingerprint density at radius 3 is 2.53 bits per heavy atom. The van der Waals surface area contributed by atoms with Crippen LogP contribution in [0.2, 0.25) is 5.02 Å². The Labute approximate surface area is 216 Å². The SMILES string of the molecule is CN(Cc1ccccc1)C(=O)CC1(COc2ccc(Cl)cc2)CCCN(C(=O)c2cccc(F)c2)C1. The molecule has 5 nitrogen and oxygen atoms in total. The molecule has 7 heteroatoms. The van der Waals surface area contributed by atoms with Gasteiger partial charge in [-0.05, 0) is 60.9 Å². The molecule has 0 spiro atoms. The van der Waals surface area contributed by atoms with Crippen LogP contribution in [0.4, 0.5) is 4.39 Å². The second-order valence-electron chi connectivity index (χ2n) is 9.50. The molecular formula is C29H30ClFN2O3. The first-order valence-corrected chi connectivity index (χ1v) is 12.4. The number of carbonyl (C=O) groups excluding carboxylic acids is 2. The van der Waals surface area contributed by atoms with E-state index in [0.29, 0.717) is 36.0 Å². The minimum atomic E-state index is -0.580. The fourth-order valence-corrected chi connectivity index (χ4v) is 4.79. The van der Waals surface area contributed by atoms with Crippen molar-refractivity contribution in [1.29, 1.82) is 0 Å². The molecule has 3 aromatic rings. The highest BCUT2D eigenvalue weighted by atomic mass is 35.5. The molecule has 1 atom stereocenters. The Morgan fingerprint density at radius 2 is 1.81 bits per heavy atom. The third-order valence-electron chi connectivity index (χ3n) is 6.59. The second-order valence-corrected chi connectivity index (χ2v) is 9.93. The van der Waals surface area contributed by atoms with Crippen LogP contribution in [0, 0.1) is 11.2 Å². The van der Waals surface area contributed by atoms with Gasteiger partial charge in [0.1, 0.15) is 11.6 Å². The minimum absolute atomic E-state index is 0.0152. The lowest BCUT2D eigenvalue weighted by Gasteiger charge is -2.43. The van der Waals surface area contributed by atoms with E-state index in [0.717, 1.165) is 18.4 Å². The van der Waals surface area contributed by atoms with Crippen LogP contribution in [0.25, 0.3) is 0 Å². The Kier molecular flexibility index (Phi) is 8.26. The number of halogens is 2. The third-order valence-corrected chi connectivity index (χ3v) is 6.85. The maximum Gasteiger partial charge on any atom is 0.253 e. The van der Waals surface area contributed by atoms with Gasteiger partial charge < -0.3 is 14.5 Å². The maximum absolute atomic E-state index is 13.8. The van der Waals surface area contributed by atoms with Crippen LogP contribution in [0.1, 0.15) is 35.2 Å². The second kappa shape index (κ2) is 11.6. The summed E-state index contributed by atoms with van der Waals surface area (Å²) >= 11 is 6.00. The molecule has 1 heterocycles. The van der Waals surface area contributed by atoms with Crippen molar-refractivity contribution in [2.45, 2.75) is 25.8 Å². The number of hydrogen-bond acceptors (Lipinski definition) is 3. The summed E-state index contributed by atoms with van der Waals surface area (Å²) in [5.41, 5.74) is 0.770. The molecule has 0 saturated carbocycles. The van der Waals surface area contributed by atoms with Crippen molar-refractivity contribution in [2.24, 2.45) is 5.41 Å². The predicted octanol–water partition coefficient (Wildman–Crippen LogP) is 5.83. The molecule has 2 amide bonds. The van der Waals surface area contributed by atoms with Crippen LogP contribution in [-0.2, 0) is 11.3 Å². The Morgan fingerprint density at radius 1 is 1.06 bits per heavy atom. The number of ether oxygens (including phenoxy) is 1. The number of nitrogens with zero attached hydrogens (tertiary/aromatic N) is 2. The monoisotopic (exact) mass is 508 g/mol. The summed E-state index contributed by atoms with van der Waals surface area (Å²) < 4.78 is 19.9. The van der Waals surface area contributed by atoms with E-state index in [1.165, 1.54) is 18.2 Å². The van der Waals surface area contributed by atoms with E-state index < -0.39 is 11.2 Å². The summed E-state index contributed by atoms with van der Waals surface area (Å²) in [4.78, 5) is 30.0. The van der Waals surface area contributed by atoms with Gasteiger partial charge in [0.05, 0.1) is 6.61 Å². The normalized spacial score (nSPS) is 17.5. The van der Waals surface area contributed by atoms with Crippen molar-refractivity contribution in [1.82, 2.24) is 9.80 Å². The minimum Gasteiger partial charge on any atom is -0.493 e. The lowest BCUT2D eigenvalue weighted by molar-refractivity contribution is -0.134. The molecular weight excluding hydrogens is 479 g/mol. The molecule has 1 fully saturated rings. The van der Waals surface area contributed by atoms with E-state index in [2.05, 4.69) is 0 Å². The molecule has 1 aliphatic rings. The summed E-state index contributed by atoms with van der Waals surface area (Å²) in [5, 5.41) is 0.610. The molecule has 0 aromatic heterocycles. The average Bonchev–Trinajstić information content (AvgIpc) is 2.88. The molecule has 0 bridgehead atoms. The summed E-state index contributed by atoms with van der Waals surface area (Å²) in [5.74, 6) is -0.0564. The molecule has 188 valence electrons. The van der Waals surface area contributed by atoms with Crippen molar-refractivity contribution in [3.8, 4) is 5.75 Å². The van der Waals surface area contributed by atoms with Gasteiger partial charge in [0.2, 0.25) is 5.91 Å². The van der Waals surface area contributed by atoms with Crippen LogP contribution < -0.4 is 4.74 Å². The molecule has 0 radical (unpaired) electrons. The highest BCUT2D eigenvalue weighted by molar-refractivity contribution is 6.30.